The Labute approximate surface area is 243 Å². The highest BCUT2D eigenvalue weighted by molar-refractivity contribution is 6.04. The number of hydrogen-bond acceptors (Lipinski definition) is 6. The second-order valence-corrected chi connectivity index (χ2v) is 14.6. The number of hydrogen-bond donors (Lipinski definition) is 0. The third-order valence-corrected chi connectivity index (χ3v) is 10.2. The number of rotatable bonds is 6. The topological polar surface area (TPSA) is 82.1 Å². The van der Waals surface area contributed by atoms with Crippen LogP contribution in [0.1, 0.15) is 120 Å². The zero-order valence-corrected chi connectivity index (χ0v) is 26.7. The summed E-state index contributed by atoms with van der Waals surface area (Å²) in [7, 11) is 0. The van der Waals surface area contributed by atoms with Crippen molar-refractivity contribution in [1.29, 1.82) is 0 Å². The minimum Gasteiger partial charge on any atom is -0.445 e. The minimum absolute atomic E-state index is 0.183. The van der Waals surface area contributed by atoms with Crippen molar-refractivity contribution in [1.82, 2.24) is 4.90 Å². The quantitative estimate of drug-likeness (QED) is 0.300. The molecule has 9 atom stereocenters. The van der Waals surface area contributed by atoms with Crippen LogP contribution in [0.5, 0.6) is 0 Å². The summed E-state index contributed by atoms with van der Waals surface area (Å²) in [6.07, 6.45) is 4.33. The van der Waals surface area contributed by atoms with Crippen LogP contribution in [0.15, 0.2) is 0 Å². The molecule has 0 spiro atoms. The van der Waals surface area contributed by atoms with Gasteiger partial charge in [0.25, 0.3) is 0 Å². The fourth-order valence-electron chi connectivity index (χ4n) is 7.52. The normalized spacial score (nSPS) is 35.0. The third-order valence-electron chi connectivity index (χ3n) is 10.2. The molecule has 7 nitrogen and oxygen atoms in total. The average Bonchev–Trinajstić information content (AvgIpc) is 2.83. The molecular weight excluding hydrogens is 506 g/mol. The van der Waals surface area contributed by atoms with Crippen LogP contribution in [-0.2, 0) is 14.2 Å². The van der Waals surface area contributed by atoms with E-state index >= 15 is 0 Å². The summed E-state index contributed by atoms with van der Waals surface area (Å²) >= 11 is 0. The predicted octanol–water partition coefficient (Wildman–Crippen LogP) is 9.08. The monoisotopic (exact) mass is 563 g/mol. The Bertz CT molecular complexity index is 747. The van der Waals surface area contributed by atoms with E-state index in [4.69, 9.17) is 14.2 Å². The van der Waals surface area contributed by atoms with Crippen LogP contribution in [0.4, 0.5) is 14.4 Å². The molecule has 3 aliphatic rings. The first-order valence-electron chi connectivity index (χ1n) is 16.2. The van der Waals surface area contributed by atoms with E-state index in [0.29, 0.717) is 40.4 Å². The summed E-state index contributed by atoms with van der Waals surface area (Å²) in [5, 5.41) is 0. The smallest absolute Gasteiger partial charge is 0.429 e. The molecule has 0 N–H and O–H groups in total. The fraction of sp³-hybridized carbons (Fsp3) is 0.909. The minimum atomic E-state index is -0.963. The molecule has 0 aliphatic heterocycles. The molecule has 3 aliphatic carbocycles. The van der Waals surface area contributed by atoms with Crippen LogP contribution in [0.25, 0.3) is 0 Å². The average molecular weight is 564 g/mol. The van der Waals surface area contributed by atoms with E-state index < -0.39 is 18.3 Å². The predicted molar refractivity (Wildman–Crippen MR) is 157 cm³/mol. The van der Waals surface area contributed by atoms with Gasteiger partial charge in [-0.1, -0.05) is 81.6 Å². The zero-order chi connectivity index (χ0) is 29.7. The van der Waals surface area contributed by atoms with Crippen molar-refractivity contribution in [2.45, 2.75) is 138 Å². The molecule has 0 radical (unpaired) electrons. The Kier molecular flexibility index (Phi) is 11.8. The zero-order valence-electron chi connectivity index (χ0n) is 26.7. The van der Waals surface area contributed by atoms with Crippen molar-refractivity contribution < 1.29 is 28.6 Å². The molecule has 3 saturated carbocycles. The molecule has 0 saturated heterocycles. The van der Waals surface area contributed by atoms with Gasteiger partial charge in [-0.2, -0.15) is 0 Å². The van der Waals surface area contributed by atoms with E-state index in [2.05, 4.69) is 62.3 Å². The van der Waals surface area contributed by atoms with Gasteiger partial charge < -0.3 is 14.2 Å². The van der Waals surface area contributed by atoms with Gasteiger partial charge in [-0.05, 0) is 91.8 Å². The van der Waals surface area contributed by atoms with Crippen LogP contribution in [0.2, 0.25) is 0 Å². The molecule has 0 heterocycles. The lowest BCUT2D eigenvalue weighted by Crippen LogP contribution is -2.50. The molecule has 0 aromatic rings. The summed E-state index contributed by atoms with van der Waals surface area (Å²) < 4.78 is 18.0. The number of carbonyl (C=O) groups excluding carboxylic acids is 3. The Morgan fingerprint density at radius 3 is 0.975 bits per heavy atom. The molecule has 3 rings (SSSR count). The fourth-order valence-corrected chi connectivity index (χ4v) is 7.52. The van der Waals surface area contributed by atoms with E-state index in [1.165, 1.54) is 0 Å². The molecule has 3 fully saturated rings. The van der Waals surface area contributed by atoms with Crippen molar-refractivity contribution in [3.05, 3.63) is 0 Å². The van der Waals surface area contributed by atoms with Gasteiger partial charge in [-0.3, -0.25) is 0 Å². The van der Waals surface area contributed by atoms with Crippen molar-refractivity contribution in [3.63, 3.8) is 0 Å². The second-order valence-electron chi connectivity index (χ2n) is 14.6. The first-order chi connectivity index (χ1) is 18.8. The van der Waals surface area contributed by atoms with Gasteiger partial charge in [0.1, 0.15) is 18.3 Å². The lowest BCUT2D eigenvalue weighted by atomic mass is 9.75. The van der Waals surface area contributed by atoms with Gasteiger partial charge in [0.15, 0.2) is 0 Å². The molecule has 230 valence electrons. The number of imide groups is 3. The summed E-state index contributed by atoms with van der Waals surface area (Å²) in [4.78, 5) is 41.7. The van der Waals surface area contributed by atoms with Gasteiger partial charge in [0, 0.05) is 0 Å². The molecular formula is C33H57NO6. The van der Waals surface area contributed by atoms with Crippen molar-refractivity contribution in [2.24, 2.45) is 53.3 Å². The van der Waals surface area contributed by atoms with Gasteiger partial charge >= 0.3 is 18.3 Å². The summed E-state index contributed by atoms with van der Waals surface area (Å²) in [5.74, 6) is 2.74. The molecule has 3 amide bonds. The van der Waals surface area contributed by atoms with Gasteiger partial charge in [-0.25, -0.2) is 14.4 Å². The Morgan fingerprint density at radius 1 is 0.500 bits per heavy atom. The highest BCUT2D eigenvalue weighted by atomic mass is 16.6. The maximum Gasteiger partial charge on any atom is 0.429 e. The largest absolute Gasteiger partial charge is 0.445 e. The first-order valence-corrected chi connectivity index (χ1v) is 16.2. The number of amides is 3. The van der Waals surface area contributed by atoms with Gasteiger partial charge in [0.05, 0.1) is 0 Å². The van der Waals surface area contributed by atoms with Crippen molar-refractivity contribution in [2.75, 3.05) is 0 Å². The Hall–Kier alpha value is -1.79. The number of carbonyl (C=O) groups is 3. The van der Waals surface area contributed by atoms with E-state index in [9.17, 15) is 14.4 Å². The molecule has 7 heteroatoms. The molecule has 40 heavy (non-hydrogen) atoms. The number of nitrogens with zero attached hydrogens (tertiary/aromatic N) is 1. The van der Waals surface area contributed by atoms with E-state index in [0.717, 1.165) is 57.8 Å². The SMILES string of the molecule is CC(C)[C@@H]1CC[C@@H](C)C[C@H]1OC(=O)N(C(=O)O[C@@H]1C[C@H](C)CC[C@H]1C(C)C)C(=O)O[C@@H]1C[C@H](C)CC[C@H]1C(C)C. The molecule has 0 unspecified atom stereocenters. The molecule has 0 aromatic heterocycles. The Morgan fingerprint density at radius 2 is 0.750 bits per heavy atom. The number of ether oxygens (including phenoxy) is 3. The highest BCUT2D eigenvalue weighted by Crippen LogP contribution is 2.39. The lowest BCUT2D eigenvalue weighted by molar-refractivity contribution is -0.0389. The van der Waals surface area contributed by atoms with Crippen LogP contribution in [0.3, 0.4) is 0 Å². The van der Waals surface area contributed by atoms with Crippen LogP contribution < -0.4 is 0 Å². The summed E-state index contributed by atoms with van der Waals surface area (Å²) in [6, 6.07) is 0. The van der Waals surface area contributed by atoms with Crippen LogP contribution in [-0.4, -0.2) is 41.5 Å². The summed E-state index contributed by atoms with van der Waals surface area (Å²) in [5.41, 5.74) is 0. The standard InChI is InChI=1S/C33H57NO6/c1-19(2)25-13-10-22(7)16-28(25)38-31(35)34(32(36)39-29-17-23(8)11-14-26(29)20(3)4)33(37)40-30-18-24(9)12-15-27(30)21(5)6/h19-30H,10-18H2,1-9H3/t22-,23-,24-,25+,26+,27+,28-,29-,30-/m1/s1. The lowest BCUT2D eigenvalue weighted by Gasteiger charge is -2.39. The Balaban J connectivity index is 1.85. The van der Waals surface area contributed by atoms with E-state index in [1.807, 2.05) is 0 Å². The van der Waals surface area contributed by atoms with Crippen LogP contribution in [0, 0.1) is 53.3 Å². The third kappa shape index (κ3) is 8.38. The van der Waals surface area contributed by atoms with E-state index in [-0.39, 0.29) is 36.1 Å². The van der Waals surface area contributed by atoms with E-state index in [1.54, 1.807) is 0 Å². The maximum absolute atomic E-state index is 13.7. The molecule has 0 aromatic carbocycles. The first kappa shape index (κ1) is 32.7. The highest BCUT2D eigenvalue weighted by Gasteiger charge is 2.44. The summed E-state index contributed by atoms with van der Waals surface area (Å²) in [6.45, 7) is 19.3. The maximum atomic E-state index is 13.7. The second kappa shape index (κ2) is 14.4. The van der Waals surface area contributed by atoms with Gasteiger partial charge in [-0.15, -0.1) is 4.90 Å². The van der Waals surface area contributed by atoms with Gasteiger partial charge in [0.2, 0.25) is 0 Å². The van der Waals surface area contributed by atoms with Crippen molar-refractivity contribution in [3.8, 4) is 0 Å². The van der Waals surface area contributed by atoms with Crippen LogP contribution >= 0.6 is 0 Å². The van der Waals surface area contributed by atoms with Crippen molar-refractivity contribution >= 4 is 18.3 Å². The molecule has 0 bridgehead atoms.